The van der Waals surface area contributed by atoms with Crippen molar-refractivity contribution in [2.75, 3.05) is 7.11 Å². The Hall–Kier alpha value is -2.76. The third-order valence-corrected chi connectivity index (χ3v) is 3.83. The van der Waals surface area contributed by atoms with E-state index in [1.807, 2.05) is 39.0 Å². The molecule has 0 saturated carbocycles. The van der Waals surface area contributed by atoms with Gasteiger partial charge in [0.25, 0.3) is 5.91 Å². The first-order valence-corrected chi connectivity index (χ1v) is 8.97. The first-order chi connectivity index (χ1) is 12.9. The Kier molecular flexibility index (Phi) is 7.46. The molecule has 1 amide bonds. The number of rotatable bonds is 9. The van der Waals surface area contributed by atoms with E-state index in [2.05, 4.69) is 5.32 Å². The number of halogens is 1. The fourth-order valence-corrected chi connectivity index (χ4v) is 2.49. The van der Waals surface area contributed by atoms with Gasteiger partial charge in [-0.05, 0) is 50.1 Å². The highest BCUT2D eigenvalue weighted by atomic mass is 19.1. The van der Waals surface area contributed by atoms with E-state index >= 15 is 0 Å². The zero-order valence-corrected chi connectivity index (χ0v) is 16.1. The van der Waals surface area contributed by atoms with Gasteiger partial charge in [-0.2, -0.15) is 0 Å². The molecule has 5 nitrogen and oxygen atoms in total. The van der Waals surface area contributed by atoms with Crippen LogP contribution >= 0.6 is 0 Å². The fourth-order valence-electron chi connectivity index (χ4n) is 2.49. The van der Waals surface area contributed by atoms with Crippen molar-refractivity contribution in [1.82, 2.24) is 5.32 Å². The number of benzene rings is 2. The lowest BCUT2D eigenvalue weighted by molar-refractivity contribution is -0.128. The zero-order valence-electron chi connectivity index (χ0n) is 16.1. The second-order valence-electron chi connectivity index (χ2n) is 6.31. The van der Waals surface area contributed by atoms with Gasteiger partial charge in [-0.1, -0.05) is 25.1 Å². The molecule has 1 N–H and O–H groups in total. The van der Waals surface area contributed by atoms with Crippen molar-refractivity contribution < 1.29 is 23.4 Å². The Balaban J connectivity index is 2.00. The summed E-state index contributed by atoms with van der Waals surface area (Å²) in [5.74, 6) is 0.523. The van der Waals surface area contributed by atoms with Gasteiger partial charge in [0.1, 0.15) is 0 Å². The summed E-state index contributed by atoms with van der Waals surface area (Å²) in [6, 6.07) is 11.5. The van der Waals surface area contributed by atoms with E-state index in [1.165, 1.54) is 12.1 Å². The smallest absolute Gasteiger partial charge is 0.261 e. The SMILES string of the molecule is CC[C@H](Oc1ccccc1F)C(=O)NCc1ccc(OC(C)C)c(OC)c1. The van der Waals surface area contributed by atoms with Gasteiger partial charge in [0.05, 0.1) is 13.2 Å². The van der Waals surface area contributed by atoms with Gasteiger partial charge in [0.2, 0.25) is 0 Å². The van der Waals surface area contributed by atoms with Gasteiger partial charge in [-0.3, -0.25) is 4.79 Å². The average molecular weight is 375 g/mol. The van der Waals surface area contributed by atoms with Crippen LogP contribution in [-0.2, 0) is 11.3 Å². The number of para-hydroxylation sites is 1. The van der Waals surface area contributed by atoms with Crippen LogP contribution in [0.5, 0.6) is 17.2 Å². The van der Waals surface area contributed by atoms with E-state index in [9.17, 15) is 9.18 Å². The lowest BCUT2D eigenvalue weighted by atomic mass is 10.2. The minimum Gasteiger partial charge on any atom is -0.493 e. The normalized spacial score (nSPS) is 11.8. The van der Waals surface area contributed by atoms with Gasteiger partial charge in [-0.25, -0.2) is 4.39 Å². The van der Waals surface area contributed by atoms with Crippen molar-refractivity contribution >= 4 is 5.91 Å². The molecule has 1 atom stereocenters. The lowest BCUT2D eigenvalue weighted by Crippen LogP contribution is -2.37. The van der Waals surface area contributed by atoms with E-state index in [-0.39, 0.29) is 17.8 Å². The lowest BCUT2D eigenvalue weighted by Gasteiger charge is -2.18. The zero-order chi connectivity index (χ0) is 19.8. The number of hydrogen-bond donors (Lipinski definition) is 1. The maximum absolute atomic E-state index is 13.7. The van der Waals surface area contributed by atoms with Gasteiger partial charge < -0.3 is 19.5 Å². The maximum atomic E-state index is 13.7. The quantitative estimate of drug-likeness (QED) is 0.717. The Morgan fingerprint density at radius 1 is 1.07 bits per heavy atom. The first-order valence-electron chi connectivity index (χ1n) is 8.97. The Labute approximate surface area is 159 Å². The van der Waals surface area contributed by atoms with Crippen LogP contribution in [0.3, 0.4) is 0 Å². The first kappa shape index (κ1) is 20.6. The molecule has 27 heavy (non-hydrogen) atoms. The monoisotopic (exact) mass is 375 g/mol. The van der Waals surface area contributed by atoms with Crippen LogP contribution in [-0.4, -0.2) is 25.2 Å². The highest BCUT2D eigenvalue weighted by molar-refractivity contribution is 5.81. The van der Waals surface area contributed by atoms with E-state index in [4.69, 9.17) is 14.2 Å². The summed E-state index contributed by atoms with van der Waals surface area (Å²) >= 11 is 0. The number of nitrogens with one attached hydrogen (secondary N) is 1. The molecule has 0 unspecified atom stereocenters. The number of methoxy groups -OCH3 is 1. The Morgan fingerprint density at radius 2 is 1.81 bits per heavy atom. The van der Waals surface area contributed by atoms with Crippen LogP contribution < -0.4 is 19.5 Å². The molecule has 0 heterocycles. The fraction of sp³-hybridized carbons (Fsp3) is 0.381. The molecule has 0 aliphatic rings. The molecular weight excluding hydrogens is 349 g/mol. The minimum absolute atomic E-state index is 0.0327. The van der Waals surface area contributed by atoms with E-state index in [0.717, 1.165) is 5.56 Å². The summed E-state index contributed by atoms with van der Waals surface area (Å²) in [6.07, 6.45) is -0.317. The van der Waals surface area contributed by atoms with E-state index in [1.54, 1.807) is 19.2 Å². The summed E-state index contributed by atoms with van der Waals surface area (Å²) in [6.45, 7) is 5.99. The Bertz CT molecular complexity index is 764. The number of ether oxygens (including phenoxy) is 3. The number of carbonyl (C=O) groups is 1. The molecule has 2 rings (SSSR count). The Morgan fingerprint density at radius 3 is 2.44 bits per heavy atom. The van der Waals surface area contributed by atoms with Crippen LogP contribution in [0.4, 0.5) is 4.39 Å². The van der Waals surface area contributed by atoms with Crippen molar-refractivity contribution in [2.24, 2.45) is 0 Å². The molecule has 6 heteroatoms. The maximum Gasteiger partial charge on any atom is 0.261 e. The van der Waals surface area contributed by atoms with E-state index in [0.29, 0.717) is 24.5 Å². The summed E-state index contributed by atoms with van der Waals surface area (Å²) < 4.78 is 30.3. The number of amides is 1. The van der Waals surface area contributed by atoms with Gasteiger partial charge in [0, 0.05) is 6.54 Å². The second kappa shape index (κ2) is 9.80. The molecule has 0 spiro atoms. The number of hydrogen-bond acceptors (Lipinski definition) is 4. The van der Waals surface area contributed by atoms with Crippen LogP contribution in [0.2, 0.25) is 0 Å². The molecule has 0 aromatic heterocycles. The van der Waals surface area contributed by atoms with Crippen molar-refractivity contribution in [3.05, 3.63) is 53.8 Å². The van der Waals surface area contributed by atoms with Crippen LogP contribution in [0.1, 0.15) is 32.8 Å². The molecule has 0 aliphatic heterocycles. The van der Waals surface area contributed by atoms with Gasteiger partial charge in [-0.15, -0.1) is 0 Å². The summed E-state index contributed by atoms with van der Waals surface area (Å²) in [4.78, 5) is 12.4. The highest BCUT2D eigenvalue weighted by Crippen LogP contribution is 2.29. The molecular formula is C21H26FNO4. The summed E-state index contributed by atoms with van der Waals surface area (Å²) in [5, 5.41) is 2.82. The molecule has 0 saturated heterocycles. The minimum atomic E-state index is -0.771. The van der Waals surface area contributed by atoms with Crippen molar-refractivity contribution in [3.63, 3.8) is 0 Å². The van der Waals surface area contributed by atoms with Gasteiger partial charge in [0.15, 0.2) is 29.2 Å². The summed E-state index contributed by atoms with van der Waals surface area (Å²) in [5.41, 5.74) is 0.858. The van der Waals surface area contributed by atoms with E-state index < -0.39 is 11.9 Å². The molecule has 0 bridgehead atoms. The topological polar surface area (TPSA) is 56.8 Å². The van der Waals surface area contributed by atoms with Crippen LogP contribution in [0, 0.1) is 5.82 Å². The molecule has 0 fully saturated rings. The number of carbonyl (C=O) groups excluding carboxylic acids is 1. The molecule has 2 aromatic rings. The van der Waals surface area contributed by atoms with Crippen LogP contribution in [0.15, 0.2) is 42.5 Å². The van der Waals surface area contributed by atoms with Crippen LogP contribution in [0.25, 0.3) is 0 Å². The predicted molar refractivity (Wildman–Crippen MR) is 102 cm³/mol. The second-order valence-corrected chi connectivity index (χ2v) is 6.31. The van der Waals surface area contributed by atoms with Crippen molar-refractivity contribution in [2.45, 2.75) is 45.9 Å². The largest absolute Gasteiger partial charge is 0.493 e. The average Bonchev–Trinajstić information content (AvgIpc) is 2.65. The molecule has 0 radical (unpaired) electrons. The molecule has 146 valence electrons. The van der Waals surface area contributed by atoms with Crippen molar-refractivity contribution in [3.8, 4) is 17.2 Å². The third-order valence-electron chi connectivity index (χ3n) is 3.83. The summed E-state index contributed by atoms with van der Waals surface area (Å²) in [7, 11) is 1.57. The predicted octanol–water partition coefficient (Wildman–Crippen LogP) is 4.10. The van der Waals surface area contributed by atoms with Gasteiger partial charge >= 0.3 is 0 Å². The standard InChI is InChI=1S/C21H26FNO4/c1-5-17(27-18-9-7-6-8-16(18)22)21(24)23-13-15-10-11-19(26-14(2)3)20(12-15)25-4/h6-12,14,17H,5,13H2,1-4H3,(H,23,24)/t17-/m0/s1. The van der Waals surface area contributed by atoms with Crippen molar-refractivity contribution in [1.29, 1.82) is 0 Å². The molecule has 0 aliphatic carbocycles. The molecule has 2 aromatic carbocycles. The highest BCUT2D eigenvalue weighted by Gasteiger charge is 2.19. The third kappa shape index (κ3) is 5.88.